The molecule has 1 amide bonds. The fourth-order valence-corrected chi connectivity index (χ4v) is 4.63. The van der Waals surface area contributed by atoms with E-state index in [2.05, 4.69) is 4.90 Å². The number of para-hydroxylation sites is 1. The summed E-state index contributed by atoms with van der Waals surface area (Å²) < 4.78 is 5.87. The molecular formula is C20H22N2O4. The quantitative estimate of drug-likeness (QED) is 0.891. The number of furan rings is 1. The fraction of sp³-hybridized carbons (Fsp3) is 0.500. The highest BCUT2D eigenvalue weighted by Crippen LogP contribution is 2.45. The molecule has 0 spiro atoms. The Labute approximate surface area is 151 Å². The monoisotopic (exact) mass is 354 g/mol. The van der Waals surface area contributed by atoms with Crippen molar-refractivity contribution in [3.8, 4) is 0 Å². The molecule has 2 aliphatic heterocycles. The molecule has 6 nitrogen and oxygen atoms in total. The van der Waals surface area contributed by atoms with E-state index in [1.807, 2.05) is 30.3 Å². The summed E-state index contributed by atoms with van der Waals surface area (Å²) in [5, 5.41) is 11.0. The number of aliphatic carboxylic acids is 1. The van der Waals surface area contributed by atoms with E-state index >= 15 is 0 Å². The van der Waals surface area contributed by atoms with Crippen molar-refractivity contribution in [2.75, 3.05) is 26.2 Å². The maximum atomic E-state index is 12.8. The van der Waals surface area contributed by atoms with Crippen LogP contribution in [0.4, 0.5) is 0 Å². The molecule has 6 heteroatoms. The van der Waals surface area contributed by atoms with Crippen molar-refractivity contribution in [3.05, 3.63) is 36.1 Å². The maximum absolute atomic E-state index is 12.8. The Morgan fingerprint density at radius 3 is 2.77 bits per heavy atom. The summed E-state index contributed by atoms with van der Waals surface area (Å²) in [6.45, 7) is 2.50. The van der Waals surface area contributed by atoms with E-state index in [1.165, 1.54) is 0 Å². The summed E-state index contributed by atoms with van der Waals surface area (Å²) in [5.74, 6) is 0.125. The molecule has 2 aromatic rings. The Morgan fingerprint density at radius 1 is 1.27 bits per heavy atom. The van der Waals surface area contributed by atoms with Gasteiger partial charge in [0.15, 0.2) is 0 Å². The third-order valence-corrected chi connectivity index (χ3v) is 6.15. The van der Waals surface area contributed by atoms with Crippen molar-refractivity contribution < 1.29 is 19.1 Å². The smallest absolute Gasteiger partial charge is 0.313 e. The molecule has 3 heterocycles. The molecule has 26 heavy (non-hydrogen) atoms. The highest BCUT2D eigenvalue weighted by molar-refractivity contribution is 5.92. The second-order valence-corrected chi connectivity index (χ2v) is 8.10. The van der Waals surface area contributed by atoms with Crippen LogP contribution < -0.4 is 0 Å². The summed E-state index contributed by atoms with van der Waals surface area (Å²) in [6, 6.07) is 9.82. The molecule has 1 saturated carbocycles. The summed E-state index contributed by atoms with van der Waals surface area (Å²) in [5.41, 5.74) is -0.139. The van der Waals surface area contributed by atoms with Crippen LogP contribution in [0.1, 0.15) is 18.6 Å². The van der Waals surface area contributed by atoms with Crippen LogP contribution in [0.2, 0.25) is 0 Å². The molecule has 1 aromatic carbocycles. The number of rotatable bonds is 5. The first-order valence-electron chi connectivity index (χ1n) is 9.27. The van der Waals surface area contributed by atoms with Gasteiger partial charge in [-0.1, -0.05) is 18.2 Å². The molecule has 2 atom stereocenters. The topological polar surface area (TPSA) is 74.0 Å². The maximum Gasteiger partial charge on any atom is 0.313 e. The molecule has 3 fully saturated rings. The number of hydrogen-bond donors (Lipinski definition) is 1. The van der Waals surface area contributed by atoms with E-state index in [1.54, 1.807) is 4.90 Å². The first-order valence-corrected chi connectivity index (χ1v) is 9.27. The SMILES string of the molecule is O=C1[C@H]2CN(Cc3cc4ccccc4o3)C[C@@]2(C(=O)O)CN1CC1CC1. The van der Waals surface area contributed by atoms with Gasteiger partial charge in [0.2, 0.25) is 5.91 Å². The molecule has 2 saturated heterocycles. The van der Waals surface area contributed by atoms with E-state index in [0.717, 1.165) is 36.1 Å². The van der Waals surface area contributed by atoms with E-state index in [-0.39, 0.29) is 5.91 Å². The molecule has 1 aromatic heterocycles. The van der Waals surface area contributed by atoms with Gasteiger partial charge in [-0.2, -0.15) is 0 Å². The number of carboxylic acid groups (broad SMARTS) is 1. The van der Waals surface area contributed by atoms with Crippen LogP contribution in [0.15, 0.2) is 34.7 Å². The van der Waals surface area contributed by atoms with Gasteiger partial charge in [0.25, 0.3) is 0 Å². The average Bonchev–Trinajstić information content (AvgIpc) is 3.12. The number of hydrogen-bond acceptors (Lipinski definition) is 4. The number of carboxylic acids is 1. The second kappa shape index (κ2) is 5.58. The first kappa shape index (κ1) is 15.9. The van der Waals surface area contributed by atoms with Crippen LogP contribution in [0.5, 0.6) is 0 Å². The van der Waals surface area contributed by atoms with Gasteiger partial charge in [-0.15, -0.1) is 0 Å². The zero-order chi connectivity index (χ0) is 17.9. The normalized spacial score (nSPS) is 28.8. The van der Waals surface area contributed by atoms with Crippen molar-refractivity contribution in [3.63, 3.8) is 0 Å². The first-order chi connectivity index (χ1) is 12.5. The lowest BCUT2D eigenvalue weighted by Crippen LogP contribution is -2.41. The van der Waals surface area contributed by atoms with Crippen molar-refractivity contribution in [2.45, 2.75) is 19.4 Å². The van der Waals surface area contributed by atoms with Gasteiger partial charge in [-0.25, -0.2) is 0 Å². The Hall–Kier alpha value is -2.34. The highest BCUT2D eigenvalue weighted by atomic mass is 16.4. The van der Waals surface area contributed by atoms with Crippen molar-refractivity contribution in [1.82, 2.24) is 9.80 Å². The highest BCUT2D eigenvalue weighted by Gasteiger charge is 2.62. The Kier molecular flexibility index (Phi) is 3.41. The van der Waals surface area contributed by atoms with Crippen molar-refractivity contribution in [1.29, 1.82) is 0 Å². The predicted molar refractivity (Wildman–Crippen MR) is 94.4 cm³/mol. The standard InChI is InChI=1S/C20H22N2O4/c23-18-16-10-21(9-15-7-14-3-1-2-4-17(14)26-15)11-20(16,19(24)25)12-22(18)8-13-5-6-13/h1-4,7,13,16H,5-6,8-12H2,(H,24,25)/t16-,20-/m1/s1. The van der Waals surface area contributed by atoms with Gasteiger partial charge >= 0.3 is 5.97 Å². The van der Waals surface area contributed by atoms with Gasteiger partial charge in [-0.05, 0) is 30.9 Å². The third kappa shape index (κ3) is 2.43. The van der Waals surface area contributed by atoms with Crippen LogP contribution in [-0.2, 0) is 16.1 Å². The summed E-state index contributed by atoms with van der Waals surface area (Å²) >= 11 is 0. The Morgan fingerprint density at radius 2 is 2.08 bits per heavy atom. The number of amides is 1. The molecule has 0 bridgehead atoms. The molecule has 0 unspecified atom stereocenters. The van der Waals surface area contributed by atoms with Crippen molar-refractivity contribution in [2.24, 2.45) is 17.3 Å². The average molecular weight is 354 g/mol. The van der Waals surface area contributed by atoms with Crippen LogP contribution in [0.3, 0.4) is 0 Å². The Bertz CT molecular complexity index is 854. The van der Waals surface area contributed by atoms with E-state index in [4.69, 9.17) is 4.42 Å². The number of benzene rings is 1. The zero-order valence-electron chi connectivity index (χ0n) is 14.6. The third-order valence-electron chi connectivity index (χ3n) is 6.15. The number of fused-ring (bicyclic) bond motifs is 2. The van der Waals surface area contributed by atoms with E-state index in [9.17, 15) is 14.7 Å². The van der Waals surface area contributed by atoms with Gasteiger partial charge < -0.3 is 14.4 Å². The summed E-state index contributed by atoms with van der Waals surface area (Å²) in [7, 11) is 0. The van der Waals surface area contributed by atoms with Crippen LogP contribution in [-0.4, -0.2) is 53.0 Å². The van der Waals surface area contributed by atoms with E-state index < -0.39 is 17.3 Å². The van der Waals surface area contributed by atoms with Gasteiger partial charge in [0, 0.05) is 31.6 Å². The lowest BCUT2D eigenvalue weighted by molar-refractivity contribution is -0.149. The lowest BCUT2D eigenvalue weighted by atomic mass is 9.81. The minimum absolute atomic E-state index is 0.0198. The number of likely N-dealkylation sites (tertiary alicyclic amines) is 2. The van der Waals surface area contributed by atoms with Gasteiger partial charge in [0.05, 0.1) is 12.5 Å². The minimum Gasteiger partial charge on any atom is -0.481 e. The molecule has 5 rings (SSSR count). The van der Waals surface area contributed by atoms with Gasteiger partial charge in [-0.3, -0.25) is 14.5 Å². The van der Waals surface area contributed by atoms with Crippen molar-refractivity contribution >= 4 is 22.8 Å². The molecule has 3 aliphatic rings. The lowest BCUT2D eigenvalue weighted by Gasteiger charge is -2.24. The fourth-order valence-electron chi connectivity index (χ4n) is 4.63. The summed E-state index contributed by atoms with van der Waals surface area (Å²) in [4.78, 5) is 28.8. The van der Waals surface area contributed by atoms with Crippen LogP contribution >= 0.6 is 0 Å². The number of nitrogens with zero attached hydrogens (tertiary/aromatic N) is 2. The van der Waals surface area contributed by atoms with Crippen LogP contribution in [0.25, 0.3) is 11.0 Å². The Balaban J connectivity index is 1.35. The van der Waals surface area contributed by atoms with Crippen LogP contribution in [0, 0.1) is 17.3 Å². The predicted octanol–water partition coefficient (Wildman–Crippen LogP) is 2.19. The molecule has 1 aliphatic carbocycles. The molecular weight excluding hydrogens is 332 g/mol. The number of carbonyl (C=O) groups excluding carboxylic acids is 1. The minimum atomic E-state index is -0.974. The summed E-state index contributed by atoms with van der Waals surface area (Å²) in [6.07, 6.45) is 2.32. The molecule has 0 radical (unpaired) electrons. The van der Waals surface area contributed by atoms with E-state index in [0.29, 0.717) is 32.1 Å². The molecule has 136 valence electrons. The molecule has 1 N–H and O–H groups in total. The van der Waals surface area contributed by atoms with Gasteiger partial charge in [0.1, 0.15) is 16.8 Å². The second-order valence-electron chi connectivity index (χ2n) is 8.10. The largest absolute Gasteiger partial charge is 0.481 e. The number of carbonyl (C=O) groups is 2. The zero-order valence-corrected chi connectivity index (χ0v) is 14.6.